The highest BCUT2D eigenvalue weighted by atomic mass is 32.2. The molecule has 2 nitrogen and oxygen atoms in total. The van der Waals surface area contributed by atoms with Gasteiger partial charge in [-0.25, -0.2) is 4.98 Å². The maximum Gasteiger partial charge on any atom is 0.195 e. The van der Waals surface area contributed by atoms with Crippen molar-refractivity contribution < 1.29 is 4.11 Å². The molecule has 0 amide bonds. The van der Waals surface area contributed by atoms with Crippen LogP contribution in [-0.2, 0) is 16.2 Å². The number of fused-ring (bicyclic) bond motifs is 7. The number of hydrogen-bond acceptors (Lipinski definition) is 3. The van der Waals surface area contributed by atoms with Crippen LogP contribution in [0.4, 0.5) is 0 Å². The molecule has 320 valence electrons. The number of hydrogen-bond donors (Lipinski definition) is 0. The summed E-state index contributed by atoms with van der Waals surface area (Å²) in [4.78, 5) is 8.11. The number of imidazole rings is 1. The largest absolute Gasteiger partial charge is 0.283 e. The number of nitrogens with zero attached hydrogens (tertiary/aromatic N) is 2. The molecule has 0 bridgehead atoms. The number of para-hydroxylation sites is 2. The van der Waals surface area contributed by atoms with Crippen molar-refractivity contribution in [1.29, 1.82) is 0 Å². The van der Waals surface area contributed by atoms with Crippen LogP contribution in [0.5, 0.6) is 0 Å². The van der Waals surface area contributed by atoms with Gasteiger partial charge in [-0.15, -0.1) is 0 Å². The van der Waals surface area contributed by atoms with Crippen molar-refractivity contribution in [2.75, 3.05) is 0 Å². The van der Waals surface area contributed by atoms with E-state index in [9.17, 15) is 0 Å². The molecule has 0 saturated carbocycles. The molecule has 10 aromatic rings. The van der Waals surface area contributed by atoms with Crippen LogP contribution in [0.15, 0.2) is 192 Å². The van der Waals surface area contributed by atoms with E-state index in [1.807, 2.05) is 31.2 Å². The van der Waals surface area contributed by atoms with E-state index in [2.05, 4.69) is 204 Å². The lowest BCUT2D eigenvalue weighted by molar-refractivity contribution is 0.591. The van der Waals surface area contributed by atoms with E-state index in [0.717, 1.165) is 48.0 Å². The van der Waals surface area contributed by atoms with E-state index in [1.54, 1.807) is 23.1 Å². The summed E-state index contributed by atoms with van der Waals surface area (Å²) >= 11 is 3.48. The van der Waals surface area contributed by atoms with Crippen molar-refractivity contribution in [2.24, 2.45) is 0 Å². The molecule has 0 radical (unpaired) electrons. The first-order valence-electron chi connectivity index (χ1n) is 24.1. The fourth-order valence-corrected chi connectivity index (χ4v) is 17.9. The molecule has 8 aromatic carbocycles. The SMILES string of the molecule is [2H]C([2H])([2H])C1(C)c2ccccc2Sc2c(-c3cc([Si](c4ccccc4)(c4ccccc4)c4ccc(C(C)(C)C)c(-c5cccc6c5sc5nc7ccccc7n56)c4)ccc3C(C)(C)C)cccc21. The Kier molecular flexibility index (Phi) is 9.02. The average molecular weight is 898 g/mol. The molecule has 0 saturated heterocycles. The van der Waals surface area contributed by atoms with Gasteiger partial charge < -0.3 is 0 Å². The van der Waals surface area contributed by atoms with Crippen molar-refractivity contribution in [3.05, 3.63) is 204 Å². The molecule has 3 heterocycles. The molecule has 2 aromatic heterocycles. The Morgan fingerprint density at radius 2 is 1.06 bits per heavy atom. The minimum atomic E-state index is -3.18. The molecule has 1 atom stereocenters. The molecule has 1 aliphatic rings. The van der Waals surface area contributed by atoms with Crippen LogP contribution in [0.3, 0.4) is 0 Å². The Labute approximate surface area is 397 Å². The lowest BCUT2D eigenvalue weighted by Gasteiger charge is -2.38. The molecule has 65 heavy (non-hydrogen) atoms. The van der Waals surface area contributed by atoms with Crippen molar-refractivity contribution >= 4 is 78.1 Å². The van der Waals surface area contributed by atoms with Crippen LogP contribution in [0.1, 0.15) is 81.7 Å². The second kappa shape index (κ2) is 15.3. The fraction of sp³-hybridized carbons (Fsp3) is 0.183. The highest BCUT2D eigenvalue weighted by Gasteiger charge is 2.43. The van der Waals surface area contributed by atoms with Gasteiger partial charge in [0.2, 0.25) is 0 Å². The Hall–Kier alpha value is -5.98. The second-order valence-electron chi connectivity index (χ2n) is 19.9. The zero-order chi connectivity index (χ0) is 47.4. The van der Waals surface area contributed by atoms with Crippen LogP contribution in [-0.4, -0.2) is 17.5 Å². The molecule has 0 aliphatic carbocycles. The Morgan fingerprint density at radius 1 is 0.523 bits per heavy atom. The summed E-state index contributed by atoms with van der Waals surface area (Å²) < 4.78 is 30.7. The van der Waals surface area contributed by atoms with Crippen molar-refractivity contribution in [3.8, 4) is 22.3 Å². The molecule has 1 unspecified atom stereocenters. The van der Waals surface area contributed by atoms with Gasteiger partial charge in [0, 0.05) is 24.9 Å². The summed E-state index contributed by atoms with van der Waals surface area (Å²) in [5.74, 6) is 0. The number of benzene rings is 8. The van der Waals surface area contributed by atoms with Gasteiger partial charge >= 0.3 is 0 Å². The molecule has 11 rings (SSSR count). The zero-order valence-corrected chi connectivity index (χ0v) is 40.7. The van der Waals surface area contributed by atoms with Crippen LogP contribution >= 0.6 is 23.1 Å². The van der Waals surface area contributed by atoms with Crippen LogP contribution < -0.4 is 20.7 Å². The third-order valence-electron chi connectivity index (χ3n) is 13.7. The van der Waals surface area contributed by atoms with Crippen molar-refractivity contribution in [3.63, 3.8) is 0 Å². The predicted molar refractivity (Wildman–Crippen MR) is 283 cm³/mol. The third kappa shape index (κ3) is 6.61. The number of aromatic nitrogens is 2. The van der Waals surface area contributed by atoms with Crippen LogP contribution in [0, 0.1) is 0 Å². The standard InChI is InChI=1S/C60H54N2S2Si/c1-58(2,3)47-35-33-41(37-45(47)43-25-19-28-50-55(43)63-54-32-18-15-27-49(54)60(50,7)8)65(39-21-11-9-12-22-39,40-23-13-10-14-24-40)42-34-36-48(59(4,5)6)46(38-42)44-26-20-31-53-56(44)64-57-61-51-29-16-17-30-52(51)62(53)57/h9-38H,1-8H3/i7D3. The van der Waals surface area contributed by atoms with E-state index < -0.39 is 20.3 Å². The first-order chi connectivity index (χ1) is 32.5. The lowest BCUT2D eigenvalue weighted by Crippen LogP contribution is -2.74. The molecule has 5 heteroatoms. The second-order valence-corrected chi connectivity index (χ2v) is 25.7. The van der Waals surface area contributed by atoms with E-state index in [1.165, 1.54) is 53.2 Å². The van der Waals surface area contributed by atoms with Gasteiger partial charge in [0.1, 0.15) is 0 Å². The Balaban J connectivity index is 1.22. The maximum absolute atomic E-state index is 9.06. The van der Waals surface area contributed by atoms with Gasteiger partial charge in [0.05, 0.1) is 21.3 Å². The highest BCUT2D eigenvalue weighted by molar-refractivity contribution is 7.99. The molecule has 0 N–H and O–H groups in total. The van der Waals surface area contributed by atoms with Crippen molar-refractivity contribution in [1.82, 2.24) is 9.38 Å². The van der Waals surface area contributed by atoms with E-state index in [4.69, 9.17) is 9.10 Å². The predicted octanol–water partition coefficient (Wildman–Crippen LogP) is 13.8. The van der Waals surface area contributed by atoms with Gasteiger partial charge in [0.15, 0.2) is 13.0 Å². The summed E-state index contributed by atoms with van der Waals surface area (Å²) in [6.07, 6.45) is 0. The smallest absolute Gasteiger partial charge is 0.195 e. The fourth-order valence-electron chi connectivity index (χ4n) is 10.6. The summed E-state index contributed by atoms with van der Waals surface area (Å²) in [5, 5.41) is 5.15. The molecule has 0 fully saturated rings. The topological polar surface area (TPSA) is 17.3 Å². The van der Waals surface area contributed by atoms with E-state index in [0.29, 0.717) is 0 Å². The number of thiazole rings is 1. The monoisotopic (exact) mass is 897 g/mol. The van der Waals surface area contributed by atoms with E-state index in [-0.39, 0.29) is 10.8 Å². The summed E-state index contributed by atoms with van der Waals surface area (Å²) in [6.45, 7) is 13.5. The van der Waals surface area contributed by atoms with Gasteiger partial charge in [-0.05, 0) is 94.8 Å². The average Bonchev–Trinajstić information content (AvgIpc) is 3.88. The first-order valence-corrected chi connectivity index (χ1v) is 26.3. The van der Waals surface area contributed by atoms with Crippen LogP contribution in [0.2, 0.25) is 0 Å². The molecular weight excluding hydrogens is 841 g/mol. The lowest BCUT2D eigenvalue weighted by atomic mass is 9.76. The maximum atomic E-state index is 9.06. The van der Waals surface area contributed by atoms with Crippen LogP contribution in [0.25, 0.3) is 48.5 Å². The Bertz CT molecular complexity index is 3540. The van der Waals surface area contributed by atoms with Gasteiger partial charge in [-0.3, -0.25) is 4.40 Å². The zero-order valence-electron chi connectivity index (χ0n) is 41.0. The molecular formula is C60H54N2S2Si. The van der Waals surface area contributed by atoms with Crippen molar-refractivity contribution in [2.45, 2.75) is 81.4 Å². The number of rotatable bonds is 6. The highest BCUT2D eigenvalue weighted by Crippen LogP contribution is 2.53. The van der Waals surface area contributed by atoms with Gasteiger partial charge in [0.25, 0.3) is 0 Å². The quantitative estimate of drug-likeness (QED) is 0.122. The Morgan fingerprint density at radius 3 is 1.71 bits per heavy atom. The normalized spacial score (nSPS) is 16.3. The molecule has 0 spiro atoms. The summed E-state index contributed by atoms with van der Waals surface area (Å²) in [7, 11) is -3.18. The minimum Gasteiger partial charge on any atom is -0.283 e. The van der Waals surface area contributed by atoms with Gasteiger partial charge in [-0.2, -0.15) is 0 Å². The van der Waals surface area contributed by atoms with Gasteiger partial charge in [-0.1, -0.05) is 236 Å². The van der Waals surface area contributed by atoms with E-state index >= 15 is 0 Å². The first kappa shape index (κ1) is 38.3. The molecule has 1 aliphatic heterocycles. The minimum absolute atomic E-state index is 0.155. The third-order valence-corrected chi connectivity index (χ3v) is 20.7. The summed E-state index contributed by atoms with van der Waals surface area (Å²) in [6, 6.07) is 66.7. The summed E-state index contributed by atoms with van der Waals surface area (Å²) in [5.41, 5.74) is 10.6.